The van der Waals surface area contributed by atoms with Gasteiger partial charge in [-0.3, -0.25) is 9.52 Å². The van der Waals surface area contributed by atoms with E-state index in [0.29, 0.717) is 36.1 Å². The molecule has 1 aliphatic heterocycles. The molecule has 2 heterocycles. The van der Waals surface area contributed by atoms with E-state index in [1.807, 2.05) is 13.8 Å². The number of rotatable bonds is 10. The number of morpholine rings is 1. The number of sulfonamides is 2. The standard InChI is InChI=1S/C26H27Cl2N3O6S3/c1-17(2)15-22(32)26-23(8-10-25(29-26)30-39(33,34)24-9-3-18(27)16-21(24)28)38-19-4-6-20(7-5-19)40(35,36)31-11-13-37-14-12-31/h3-10,16-17H,11-15H2,1-2H3,(H,29,30). The number of nitrogens with one attached hydrogen (secondary N) is 1. The number of pyridine rings is 1. The van der Waals surface area contributed by atoms with E-state index in [-0.39, 0.29) is 49.5 Å². The Labute approximate surface area is 248 Å². The average molecular weight is 645 g/mol. The van der Waals surface area contributed by atoms with Crippen LogP contribution in [0.2, 0.25) is 10.0 Å². The van der Waals surface area contributed by atoms with Crippen molar-refractivity contribution in [2.24, 2.45) is 5.92 Å². The van der Waals surface area contributed by atoms with Crippen molar-refractivity contribution in [1.29, 1.82) is 0 Å². The van der Waals surface area contributed by atoms with Crippen molar-refractivity contribution in [3.05, 3.63) is 70.3 Å². The Bertz CT molecular complexity index is 1610. The highest BCUT2D eigenvalue weighted by Crippen LogP contribution is 2.34. The summed E-state index contributed by atoms with van der Waals surface area (Å²) >= 11 is 13.2. The molecule has 0 unspecified atom stereocenters. The lowest BCUT2D eigenvalue weighted by molar-refractivity contribution is 0.0730. The lowest BCUT2D eigenvalue weighted by atomic mass is 10.0. The van der Waals surface area contributed by atoms with Crippen LogP contribution < -0.4 is 4.72 Å². The van der Waals surface area contributed by atoms with E-state index in [9.17, 15) is 21.6 Å². The second-order valence-corrected chi connectivity index (χ2v) is 14.9. The Morgan fingerprint density at radius 1 is 1.02 bits per heavy atom. The van der Waals surface area contributed by atoms with E-state index in [1.165, 1.54) is 52.5 Å². The second kappa shape index (κ2) is 12.8. The van der Waals surface area contributed by atoms with Gasteiger partial charge >= 0.3 is 0 Å². The van der Waals surface area contributed by atoms with Crippen molar-refractivity contribution in [3.63, 3.8) is 0 Å². The maximum atomic E-state index is 13.1. The molecule has 0 atom stereocenters. The van der Waals surface area contributed by atoms with Gasteiger partial charge < -0.3 is 4.74 Å². The van der Waals surface area contributed by atoms with Crippen molar-refractivity contribution in [2.45, 2.75) is 39.9 Å². The molecule has 1 saturated heterocycles. The third-order valence-electron chi connectivity index (χ3n) is 5.80. The Morgan fingerprint density at radius 2 is 1.70 bits per heavy atom. The predicted molar refractivity (Wildman–Crippen MR) is 155 cm³/mol. The number of ether oxygens (including phenoxy) is 1. The lowest BCUT2D eigenvalue weighted by Gasteiger charge is -2.26. The number of hydrogen-bond acceptors (Lipinski definition) is 8. The molecule has 0 radical (unpaired) electrons. The minimum absolute atomic E-state index is 0.0463. The molecule has 2 aromatic carbocycles. The molecule has 4 rings (SSSR count). The van der Waals surface area contributed by atoms with Crippen LogP contribution in [0.3, 0.4) is 0 Å². The lowest BCUT2D eigenvalue weighted by Crippen LogP contribution is -2.40. The predicted octanol–water partition coefficient (Wildman–Crippen LogP) is 5.59. The van der Waals surface area contributed by atoms with Gasteiger partial charge in [0.25, 0.3) is 10.0 Å². The highest BCUT2D eigenvalue weighted by molar-refractivity contribution is 7.99. The number of ketones is 1. The normalized spacial score (nSPS) is 14.8. The van der Waals surface area contributed by atoms with E-state index >= 15 is 0 Å². The Hall–Kier alpha value is -2.19. The van der Waals surface area contributed by atoms with Crippen molar-refractivity contribution >= 4 is 66.6 Å². The molecule has 1 aliphatic rings. The fraction of sp³-hybridized carbons (Fsp3) is 0.308. The number of anilines is 1. The molecule has 0 bridgehead atoms. The zero-order valence-electron chi connectivity index (χ0n) is 21.6. The summed E-state index contributed by atoms with van der Waals surface area (Å²) < 4.78 is 60.8. The Morgan fingerprint density at radius 3 is 2.33 bits per heavy atom. The summed E-state index contributed by atoms with van der Waals surface area (Å²) in [6, 6.07) is 13.4. The van der Waals surface area contributed by atoms with Crippen LogP contribution >= 0.6 is 35.0 Å². The van der Waals surface area contributed by atoms with Crippen LogP contribution in [0.25, 0.3) is 0 Å². The van der Waals surface area contributed by atoms with Gasteiger partial charge in [-0.05, 0) is 60.5 Å². The highest BCUT2D eigenvalue weighted by atomic mass is 35.5. The number of carbonyl (C=O) groups is 1. The van der Waals surface area contributed by atoms with Crippen molar-refractivity contribution in [1.82, 2.24) is 9.29 Å². The van der Waals surface area contributed by atoms with Gasteiger partial charge in [0.2, 0.25) is 10.0 Å². The summed E-state index contributed by atoms with van der Waals surface area (Å²) in [5.41, 5.74) is 0.103. The summed E-state index contributed by atoms with van der Waals surface area (Å²) in [7, 11) is -7.76. The van der Waals surface area contributed by atoms with Crippen LogP contribution in [0.5, 0.6) is 0 Å². The molecular formula is C26H27Cl2N3O6S3. The maximum Gasteiger partial charge on any atom is 0.264 e. The number of benzene rings is 2. The number of halogens is 2. The van der Waals surface area contributed by atoms with Crippen LogP contribution in [-0.2, 0) is 24.8 Å². The summed E-state index contributed by atoms with van der Waals surface area (Å²) in [5.74, 6) is -0.255. The summed E-state index contributed by atoms with van der Waals surface area (Å²) in [5, 5.41) is 0.235. The van der Waals surface area contributed by atoms with E-state index in [1.54, 1.807) is 18.2 Å². The fourth-order valence-electron chi connectivity index (χ4n) is 3.88. The van der Waals surface area contributed by atoms with Crippen LogP contribution in [0.1, 0.15) is 30.8 Å². The summed E-state index contributed by atoms with van der Waals surface area (Å²) in [6.45, 7) is 5.09. The van der Waals surface area contributed by atoms with Gasteiger partial charge in [0.15, 0.2) is 5.78 Å². The van der Waals surface area contributed by atoms with Gasteiger partial charge in [-0.15, -0.1) is 0 Å². The van der Waals surface area contributed by atoms with Crippen LogP contribution in [-0.4, -0.2) is 58.2 Å². The van der Waals surface area contributed by atoms with Crippen molar-refractivity contribution < 1.29 is 26.4 Å². The first-order chi connectivity index (χ1) is 18.9. The monoisotopic (exact) mass is 643 g/mol. The third kappa shape index (κ3) is 7.35. The van der Waals surface area contributed by atoms with Crippen molar-refractivity contribution in [3.8, 4) is 0 Å². The molecule has 1 fully saturated rings. The molecule has 0 amide bonds. The minimum Gasteiger partial charge on any atom is -0.379 e. The largest absolute Gasteiger partial charge is 0.379 e. The smallest absolute Gasteiger partial charge is 0.264 e. The molecule has 0 aliphatic carbocycles. The first-order valence-corrected chi connectivity index (χ1v) is 16.7. The first kappa shape index (κ1) is 30.8. The third-order valence-corrected chi connectivity index (χ3v) is 10.8. The number of Topliss-reactive ketones (excluding diaryl/α,β-unsaturated/α-hetero) is 1. The molecule has 9 nitrogen and oxygen atoms in total. The van der Waals surface area contributed by atoms with E-state index < -0.39 is 20.0 Å². The van der Waals surface area contributed by atoms with Crippen molar-refractivity contribution in [2.75, 3.05) is 31.0 Å². The van der Waals surface area contributed by atoms with E-state index in [4.69, 9.17) is 27.9 Å². The number of aromatic nitrogens is 1. The minimum atomic E-state index is -4.12. The maximum absolute atomic E-state index is 13.1. The Kier molecular flexibility index (Phi) is 9.82. The molecule has 3 aromatic rings. The van der Waals surface area contributed by atoms with E-state index in [2.05, 4.69) is 9.71 Å². The molecule has 0 spiro atoms. The van der Waals surface area contributed by atoms with Gasteiger partial charge in [0, 0.05) is 34.3 Å². The van der Waals surface area contributed by atoms with Crippen LogP contribution in [0, 0.1) is 5.92 Å². The number of carbonyl (C=O) groups excluding carboxylic acids is 1. The quantitative estimate of drug-likeness (QED) is 0.284. The van der Waals surface area contributed by atoms with Crippen LogP contribution in [0.4, 0.5) is 5.82 Å². The van der Waals surface area contributed by atoms with Crippen LogP contribution in [0.15, 0.2) is 74.2 Å². The SMILES string of the molecule is CC(C)CC(=O)c1nc(NS(=O)(=O)c2ccc(Cl)cc2Cl)ccc1Sc1ccc(S(=O)(=O)N2CCOCC2)cc1. The molecular weight excluding hydrogens is 617 g/mol. The van der Waals surface area contributed by atoms with Gasteiger partial charge in [-0.1, -0.05) is 48.8 Å². The van der Waals surface area contributed by atoms with Gasteiger partial charge in [-0.2, -0.15) is 4.31 Å². The van der Waals surface area contributed by atoms with Gasteiger partial charge in [0.1, 0.15) is 16.4 Å². The number of hydrogen-bond donors (Lipinski definition) is 1. The fourth-order valence-corrected chi connectivity index (χ4v) is 7.98. The zero-order valence-corrected chi connectivity index (χ0v) is 25.6. The highest BCUT2D eigenvalue weighted by Gasteiger charge is 2.26. The van der Waals surface area contributed by atoms with Gasteiger partial charge in [0.05, 0.1) is 23.1 Å². The first-order valence-electron chi connectivity index (χ1n) is 12.2. The summed E-state index contributed by atoms with van der Waals surface area (Å²) in [6.07, 6.45) is 0.205. The molecule has 0 saturated carbocycles. The topological polar surface area (TPSA) is 123 Å². The molecule has 214 valence electrons. The molecule has 1 aromatic heterocycles. The second-order valence-electron chi connectivity index (χ2n) is 9.33. The molecule has 14 heteroatoms. The van der Waals surface area contributed by atoms with Gasteiger partial charge in [-0.25, -0.2) is 21.8 Å². The number of nitrogens with zero attached hydrogens (tertiary/aromatic N) is 2. The Balaban J connectivity index is 1.60. The van der Waals surface area contributed by atoms with E-state index in [0.717, 1.165) is 0 Å². The zero-order chi connectivity index (χ0) is 29.1. The molecule has 1 N–H and O–H groups in total. The summed E-state index contributed by atoms with van der Waals surface area (Å²) in [4.78, 5) is 18.6. The average Bonchev–Trinajstić information content (AvgIpc) is 2.89. The molecule has 40 heavy (non-hydrogen) atoms.